The molecule has 0 unspecified atom stereocenters. The van der Waals surface area contributed by atoms with E-state index in [2.05, 4.69) is 0 Å². The average molecular weight is 284 g/mol. The molecule has 0 saturated heterocycles. The van der Waals surface area contributed by atoms with Crippen LogP contribution >= 0.6 is 0 Å². The summed E-state index contributed by atoms with van der Waals surface area (Å²) >= 11 is 0. The van der Waals surface area contributed by atoms with E-state index in [0.717, 1.165) is 18.9 Å². The molecule has 1 atom stereocenters. The van der Waals surface area contributed by atoms with Gasteiger partial charge in [0, 0.05) is 24.3 Å². The van der Waals surface area contributed by atoms with E-state index in [1.807, 2.05) is 0 Å². The zero-order chi connectivity index (χ0) is 14.8. The topological polar surface area (TPSA) is 34.1 Å². The van der Waals surface area contributed by atoms with Crippen LogP contribution in [0.5, 0.6) is 0 Å². The Morgan fingerprint density at radius 3 is 2.55 bits per heavy atom. The van der Waals surface area contributed by atoms with Gasteiger partial charge in [0.05, 0.1) is 5.56 Å². The summed E-state index contributed by atoms with van der Waals surface area (Å²) < 4.78 is 38.5. The molecule has 1 saturated carbocycles. The molecule has 0 N–H and O–H groups in total. The van der Waals surface area contributed by atoms with E-state index in [1.54, 1.807) is 0 Å². The maximum absolute atomic E-state index is 12.8. The van der Waals surface area contributed by atoms with E-state index in [1.165, 1.54) is 18.2 Å². The van der Waals surface area contributed by atoms with Crippen LogP contribution in [0.25, 0.3) is 0 Å². The van der Waals surface area contributed by atoms with Crippen molar-refractivity contribution in [3.05, 3.63) is 35.4 Å². The zero-order valence-corrected chi connectivity index (χ0v) is 10.9. The molecule has 1 fully saturated rings. The lowest BCUT2D eigenvalue weighted by Gasteiger charge is -2.20. The quantitative estimate of drug-likeness (QED) is 0.785. The van der Waals surface area contributed by atoms with Crippen molar-refractivity contribution in [1.82, 2.24) is 0 Å². The highest BCUT2D eigenvalue weighted by atomic mass is 19.4. The molecule has 5 heteroatoms. The van der Waals surface area contributed by atoms with Crippen LogP contribution in [-0.2, 0) is 11.0 Å². The van der Waals surface area contributed by atoms with E-state index in [9.17, 15) is 22.8 Å². The number of halogens is 3. The maximum atomic E-state index is 12.8. The normalized spacial score (nSPS) is 19.9. The maximum Gasteiger partial charge on any atom is 0.417 e. The predicted molar refractivity (Wildman–Crippen MR) is 67.4 cm³/mol. The second-order valence-corrected chi connectivity index (χ2v) is 5.08. The SMILES string of the molecule is O=C(C[C@@H]1CCCCC1=O)c1ccccc1C(F)(F)F. The van der Waals surface area contributed by atoms with Gasteiger partial charge in [0.25, 0.3) is 0 Å². The molecule has 0 aromatic heterocycles. The van der Waals surface area contributed by atoms with Crippen LogP contribution in [0.2, 0.25) is 0 Å². The van der Waals surface area contributed by atoms with E-state index >= 15 is 0 Å². The third-order valence-electron chi connectivity index (χ3n) is 3.65. The van der Waals surface area contributed by atoms with Gasteiger partial charge in [0.15, 0.2) is 5.78 Å². The van der Waals surface area contributed by atoms with Crippen molar-refractivity contribution in [3.8, 4) is 0 Å². The molecule has 0 amide bonds. The highest BCUT2D eigenvalue weighted by Crippen LogP contribution is 2.33. The molecule has 0 bridgehead atoms. The lowest BCUT2D eigenvalue weighted by atomic mass is 9.83. The summed E-state index contributed by atoms with van der Waals surface area (Å²) in [6.07, 6.45) is -1.99. The summed E-state index contributed by atoms with van der Waals surface area (Å²) in [4.78, 5) is 23.7. The summed E-state index contributed by atoms with van der Waals surface area (Å²) in [7, 11) is 0. The van der Waals surface area contributed by atoms with Gasteiger partial charge in [-0.2, -0.15) is 13.2 Å². The van der Waals surface area contributed by atoms with Crippen LogP contribution < -0.4 is 0 Å². The molecule has 2 rings (SSSR count). The van der Waals surface area contributed by atoms with Gasteiger partial charge in [-0.15, -0.1) is 0 Å². The van der Waals surface area contributed by atoms with Gasteiger partial charge < -0.3 is 0 Å². The molecule has 0 heterocycles. The lowest BCUT2D eigenvalue weighted by Crippen LogP contribution is -2.23. The van der Waals surface area contributed by atoms with Gasteiger partial charge in [0.1, 0.15) is 5.78 Å². The fraction of sp³-hybridized carbons (Fsp3) is 0.467. The van der Waals surface area contributed by atoms with Gasteiger partial charge in [-0.05, 0) is 18.9 Å². The molecule has 2 nitrogen and oxygen atoms in total. The Bertz CT molecular complexity index is 520. The van der Waals surface area contributed by atoms with Gasteiger partial charge in [-0.1, -0.05) is 24.6 Å². The van der Waals surface area contributed by atoms with Gasteiger partial charge in [-0.25, -0.2) is 0 Å². The summed E-state index contributed by atoms with van der Waals surface area (Å²) in [6, 6.07) is 4.74. The van der Waals surface area contributed by atoms with Crippen LogP contribution in [0.3, 0.4) is 0 Å². The zero-order valence-electron chi connectivity index (χ0n) is 10.9. The molecule has 0 spiro atoms. The molecule has 0 aliphatic heterocycles. The molecule has 1 aromatic carbocycles. The number of Topliss-reactive ketones (excluding diaryl/α,β-unsaturated/α-hetero) is 2. The summed E-state index contributed by atoms with van der Waals surface area (Å²) in [5.74, 6) is -1.02. The van der Waals surface area contributed by atoms with Crippen molar-refractivity contribution in [3.63, 3.8) is 0 Å². The molecule has 1 aliphatic rings. The Morgan fingerprint density at radius 2 is 1.90 bits per heavy atom. The minimum absolute atomic E-state index is 0.00547. The molecule has 0 radical (unpaired) electrons. The monoisotopic (exact) mass is 284 g/mol. The first kappa shape index (κ1) is 14.8. The van der Waals surface area contributed by atoms with Gasteiger partial charge >= 0.3 is 6.18 Å². The van der Waals surface area contributed by atoms with Crippen LogP contribution in [0.1, 0.15) is 48.0 Å². The Balaban J connectivity index is 2.19. The predicted octanol–water partition coefficient (Wildman–Crippen LogP) is 4.04. The number of carbonyl (C=O) groups is 2. The number of carbonyl (C=O) groups excluding carboxylic acids is 2. The summed E-state index contributed by atoms with van der Waals surface area (Å²) in [5, 5.41) is 0. The van der Waals surface area contributed by atoms with Crippen molar-refractivity contribution >= 4 is 11.6 Å². The Kier molecular flexibility index (Phi) is 4.26. The second-order valence-electron chi connectivity index (χ2n) is 5.08. The van der Waals surface area contributed by atoms with Crippen molar-refractivity contribution in [1.29, 1.82) is 0 Å². The van der Waals surface area contributed by atoms with Crippen molar-refractivity contribution in [2.24, 2.45) is 5.92 Å². The summed E-state index contributed by atoms with van der Waals surface area (Å²) in [6.45, 7) is 0. The standard InChI is InChI=1S/C15H15F3O2/c16-15(17,18)12-7-3-2-6-11(12)14(20)9-10-5-1-4-8-13(10)19/h2-3,6-7,10H,1,4-5,8-9H2/t10-/m0/s1. The molecule has 108 valence electrons. The lowest BCUT2D eigenvalue weighted by molar-refractivity contribution is -0.137. The molecular formula is C15H15F3O2. The van der Waals surface area contributed by atoms with Crippen LogP contribution in [0.4, 0.5) is 13.2 Å². The smallest absolute Gasteiger partial charge is 0.299 e. The average Bonchev–Trinajstić information content (AvgIpc) is 2.40. The number of alkyl halides is 3. The number of hydrogen-bond acceptors (Lipinski definition) is 2. The van der Waals surface area contributed by atoms with Gasteiger partial charge in [-0.3, -0.25) is 9.59 Å². The first-order valence-electron chi connectivity index (χ1n) is 6.61. The third kappa shape index (κ3) is 3.26. The first-order valence-corrected chi connectivity index (χ1v) is 6.61. The van der Waals surface area contributed by atoms with Crippen molar-refractivity contribution in [2.45, 2.75) is 38.3 Å². The van der Waals surface area contributed by atoms with Crippen LogP contribution in [-0.4, -0.2) is 11.6 Å². The molecule has 1 aromatic rings. The first-order chi connectivity index (χ1) is 9.39. The third-order valence-corrected chi connectivity index (χ3v) is 3.65. The van der Waals surface area contributed by atoms with E-state index < -0.39 is 23.4 Å². The molecule has 1 aliphatic carbocycles. The molecule has 20 heavy (non-hydrogen) atoms. The van der Waals surface area contributed by atoms with Crippen LogP contribution in [0, 0.1) is 5.92 Å². The Hall–Kier alpha value is -1.65. The van der Waals surface area contributed by atoms with Crippen molar-refractivity contribution < 1.29 is 22.8 Å². The number of hydrogen-bond donors (Lipinski definition) is 0. The van der Waals surface area contributed by atoms with E-state index in [-0.39, 0.29) is 17.8 Å². The fourth-order valence-corrected chi connectivity index (χ4v) is 2.58. The minimum atomic E-state index is -4.55. The molecular weight excluding hydrogens is 269 g/mol. The highest BCUT2D eigenvalue weighted by molar-refractivity contribution is 6.00. The largest absolute Gasteiger partial charge is 0.417 e. The van der Waals surface area contributed by atoms with Crippen molar-refractivity contribution in [2.75, 3.05) is 0 Å². The summed E-state index contributed by atoms with van der Waals surface area (Å²) in [5.41, 5.74) is -1.26. The number of ketones is 2. The van der Waals surface area contributed by atoms with E-state index in [0.29, 0.717) is 12.8 Å². The Labute approximate surface area is 115 Å². The minimum Gasteiger partial charge on any atom is -0.299 e. The Morgan fingerprint density at radius 1 is 1.20 bits per heavy atom. The number of rotatable bonds is 3. The van der Waals surface area contributed by atoms with E-state index in [4.69, 9.17) is 0 Å². The van der Waals surface area contributed by atoms with Gasteiger partial charge in [0.2, 0.25) is 0 Å². The number of benzene rings is 1. The highest BCUT2D eigenvalue weighted by Gasteiger charge is 2.35. The fourth-order valence-electron chi connectivity index (χ4n) is 2.58. The second kappa shape index (κ2) is 5.77. The van der Waals surface area contributed by atoms with Crippen LogP contribution in [0.15, 0.2) is 24.3 Å².